The Hall–Kier alpha value is -0.780. The lowest BCUT2D eigenvalue weighted by Gasteiger charge is -2.23. The van der Waals surface area contributed by atoms with Gasteiger partial charge < -0.3 is 5.32 Å². The summed E-state index contributed by atoms with van der Waals surface area (Å²) >= 11 is 0. The third kappa shape index (κ3) is 5.69. The second-order valence-electron chi connectivity index (χ2n) is 4.03. The van der Waals surface area contributed by atoms with Crippen LogP contribution in [0.3, 0.4) is 0 Å². The zero-order chi connectivity index (χ0) is 15.5. The lowest BCUT2D eigenvalue weighted by Crippen LogP contribution is -2.28. The highest BCUT2D eigenvalue weighted by atomic mass is 32.2. The minimum Gasteiger partial charge on any atom is -0.316 e. The zero-order valence-corrected chi connectivity index (χ0v) is 13.7. The maximum absolute atomic E-state index is 13.6. The molecular formula is C15H27FN2OS. The molecule has 2 rings (SSSR count). The van der Waals surface area contributed by atoms with Crippen molar-refractivity contribution in [3.63, 3.8) is 0 Å². The summed E-state index contributed by atoms with van der Waals surface area (Å²) in [7, 11) is -1.74. The third-order valence-electron chi connectivity index (χ3n) is 2.94. The SMILES string of the molecule is CC.CC.NS(=O)c1ccc(C2CCCNC2)cc1F. The largest absolute Gasteiger partial charge is 0.316 e. The number of hydrogen-bond acceptors (Lipinski definition) is 2. The average molecular weight is 302 g/mol. The Kier molecular flexibility index (Phi) is 10.5. The number of piperidine rings is 1. The maximum Gasteiger partial charge on any atom is 0.140 e. The second-order valence-corrected chi connectivity index (χ2v) is 5.07. The number of nitrogens with one attached hydrogen (secondary N) is 1. The quantitative estimate of drug-likeness (QED) is 0.880. The van der Waals surface area contributed by atoms with Crippen LogP contribution in [-0.4, -0.2) is 17.3 Å². The van der Waals surface area contributed by atoms with Crippen molar-refractivity contribution in [2.45, 2.75) is 51.3 Å². The zero-order valence-electron chi connectivity index (χ0n) is 12.9. The van der Waals surface area contributed by atoms with E-state index in [1.807, 2.05) is 33.8 Å². The first-order valence-corrected chi connectivity index (χ1v) is 8.56. The standard InChI is InChI=1S/C11H15FN2OS.2C2H6/c12-10-6-8(3-4-11(10)16(13)15)9-2-1-5-14-7-9;2*1-2/h3-4,6,9,14H,1-2,5,7,13H2;2*1-2H3. The van der Waals surface area contributed by atoms with E-state index in [-0.39, 0.29) is 4.90 Å². The number of hydrogen-bond donors (Lipinski definition) is 2. The van der Waals surface area contributed by atoms with E-state index >= 15 is 0 Å². The van der Waals surface area contributed by atoms with Crippen LogP contribution >= 0.6 is 0 Å². The fourth-order valence-electron chi connectivity index (χ4n) is 2.07. The van der Waals surface area contributed by atoms with Gasteiger partial charge in [0.2, 0.25) is 0 Å². The van der Waals surface area contributed by atoms with Crippen LogP contribution in [0.15, 0.2) is 23.1 Å². The Morgan fingerprint density at radius 3 is 2.40 bits per heavy atom. The molecule has 0 aromatic heterocycles. The number of halogens is 1. The van der Waals surface area contributed by atoms with Gasteiger partial charge in [0.15, 0.2) is 0 Å². The van der Waals surface area contributed by atoms with Gasteiger partial charge in [0.1, 0.15) is 16.8 Å². The van der Waals surface area contributed by atoms with Crippen LogP contribution in [0.2, 0.25) is 0 Å². The molecule has 0 bridgehead atoms. The summed E-state index contributed by atoms with van der Waals surface area (Å²) in [5.41, 5.74) is 0.957. The molecule has 1 saturated heterocycles. The van der Waals surface area contributed by atoms with Crippen LogP contribution in [0.25, 0.3) is 0 Å². The van der Waals surface area contributed by atoms with E-state index in [2.05, 4.69) is 5.32 Å². The lowest BCUT2D eigenvalue weighted by molar-refractivity contribution is 0.459. The van der Waals surface area contributed by atoms with E-state index < -0.39 is 16.8 Å². The average Bonchev–Trinajstić information content (AvgIpc) is 2.51. The minimum atomic E-state index is -1.74. The predicted molar refractivity (Wildman–Crippen MR) is 84.5 cm³/mol. The summed E-state index contributed by atoms with van der Waals surface area (Å²) in [6.45, 7) is 9.91. The molecule has 3 nitrogen and oxygen atoms in total. The molecule has 0 amide bonds. The molecule has 1 aromatic carbocycles. The van der Waals surface area contributed by atoms with Gasteiger partial charge in [0.05, 0.1) is 4.90 Å². The fraction of sp³-hybridized carbons (Fsp3) is 0.600. The van der Waals surface area contributed by atoms with Gasteiger partial charge in [-0.1, -0.05) is 33.8 Å². The van der Waals surface area contributed by atoms with E-state index in [4.69, 9.17) is 5.14 Å². The topological polar surface area (TPSA) is 55.1 Å². The van der Waals surface area contributed by atoms with Gasteiger partial charge in [0.25, 0.3) is 0 Å². The van der Waals surface area contributed by atoms with Crippen LogP contribution in [0, 0.1) is 5.82 Å². The third-order valence-corrected chi connectivity index (χ3v) is 3.71. The summed E-state index contributed by atoms with van der Waals surface area (Å²) in [5.74, 6) is -0.118. The first-order valence-electron chi connectivity index (χ1n) is 7.35. The molecule has 1 aliphatic rings. The highest BCUT2D eigenvalue weighted by Crippen LogP contribution is 2.25. The van der Waals surface area contributed by atoms with Gasteiger partial charge in [-0.05, 0) is 43.0 Å². The highest BCUT2D eigenvalue weighted by Gasteiger charge is 2.17. The molecule has 0 aliphatic carbocycles. The second kappa shape index (κ2) is 10.9. The van der Waals surface area contributed by atoms with Crippen molar-refractivity contribution in [1.82, 2.24) is 5.32 Å². The van der Waals surface area contributed by atoms with Crippen molar-refractivity contribution in [3.8, 4) is 0 Å². The van der Waals surface area contributed by atoms with Crippen LogP contribution in [0.4, 0.5) is 4.39 Å². The summed E-state index contributed by atoms with van der Waals surface area (Å²) in [6.07, 6.45) is 2.17. The van der Waals surface area contributed by atoms with Crippen molar-refractivity contribution in [2.24, 2.45) is 5.14 Å². The van der Waals surface area contributed by atoms with Gasteiger partial charge in [0, 0.05) is 6.54 Å². The summed E-state index contributed by atoms with van der Waals surface area (Å²) < 4.78 is 24.6. The predicted octanol–water partition coefficient (Wildman–Crippen LogP) is 3.33. The van der Waals surface area contributed by atoms with Crippen LogP contribution < -0.4 is 10.5 Å². The van der Waals surface area contributed by atoms with Crippen LogP contribution in [0.1, 0.15) is 52.0 Å². The molecule has 1 fully saturated rings. The van der Waals surface area contributed by atoms with Crippen molar-refractivity contribution >= 4 is 11.0 Å². The number of rotatable bonds is 2. The van der Waals surface area contributed by atoms with Gasteiger partial charge in [-0.25, -0.2) is 13.7 Å². The Labute approximate surface area is 124 Å². The molecule has 2 unspecified atom stereocenters. The van der Waals surface area contributed by atoms with E-state index in [9.17, 15) is 8.60 Å². The van der Waals surface area contributed by atoms with Crippen LogP contribution in [-0.2, 0) is 11.0 Å². The monoisotopic (exact) mass is 302 g/mol. The molecule has 2 atom stereocenters. The molecule has 20 heavy (non-hydrogen) atoms. The Balaban J connectivity index is 0.000000829. The molecule has 0 saturated carbocycles. The molecule has 1 heterocycles. The van der Waals surface area contributed by atoms with E-state index in [1.165, 1.54) is 12.1 Å². The number of nitrogens with two attached hydrogens (primary N) is 1. The molecule has 116 valence electrons. The van der Waals surface area contributed by atoms with Gasteiger partial charge in [-0.15, -0.1) is 0 Å². The van der Waals surface area contributed by atoms with E-state index in [0.29, 0.717) is 5.92 Å². The van der Waals surface area contributed by atoms with Crippen molar-refractivity contribution in [3.05, 3.63) is 29.6 Å². The summed E-state index contributed by atoms with van der Waals surface area (Å²) in [4.78, 5) is 0.0764. The molecule has 0 spiro atoms. The molecule has 0 radical (unpaired) electrons. The van der Waals surface area contributed by atoms with Crippen molar-refractivity contribution in [2.75, 3.05) is 13.1 Å². The Morgan fingerprint density at radius 2 is 1.95 bits per heavy atom. The van der Waals surface area contributed by atoms with E-state index in [1.54, 1.807) is 0 Å². The van der Waals surface area contributed by atoms with Gasteiger partial charge in [-0.3, -0.25) is 0 Å². The molecular weight excluding hydrogens is 275 g/mol. The normalized spacial score (nSPS) is 19.0. The summed E-state index contributed by atoms with van der Waals surface area (Å²) in [6, 6.07) is 4.80. The minimum absolute atomic E-state index is 0.0764. The Bertz CT molecular complexity index is 407. The molecule has 5 heteroatoms. The molecule has 3 N–H and O–H groups in total. The first-order chi connectivity index (χ1) is 9.68. The van der Waals surface area contributed by atoms with Crippen LogP contribution in [0.5, 0.6) is 0 Å². The van der Waals surface area contributed by atoms with Gasteiger partial charge in [-0.2, -0.15) is 0 Å². The lowest BCUT2D eigenvalue weighted by atomic mass is 9.92. The maximum atomic E-state index is 13.6. The smallest absolute Gasteiger partial charge is 0.140 e. The first kappa shape index (κ1) is 19.2. The Morgan fingerprint density at radius 1 is 1.30 bits per heavy atom. The highest BCUT2D eigenvalue weighted by molar-refractivity contribution is 7.82. The van der Waals surface area contributed by atoms with Crippen molar-refractivity contribution < 1.29 is 8.60 Å². The fourth-order valence-corrected chi connectivity index (χ4v) is 2.52. The number of benzene rings is 1. The molecule has 1 aromatic rings. The van der Waals surface area contributed by atoms with Crippen molar-refractivity contribution in [1.29, 1.82) is 0 Å². The summed E-state index contributed by atoms with van der Waals surface area (Å²) in [5, 5.41) is 8.45. The van der Waals surface area contributed by atoms with Gasteiger partial charge >= 0.3 is 0 Å². The van der Waals surface area contributed by atoms with E-state index in [0.717, 1.165) is 31.5 Å². The molecule has 1 aliphatic heterocycles.